The fourth-order valence-electron chi connectivity index (χ4n) is 4.40. The summed E-state index contributed by atoms with van der Waals surface area (Å²) < 4.78 is 4.09. The summed E-state index contributed by atoms with van der Waals surface area (Å²) in [5, 5.41) is 4.41. The second-order valence-corrected chi connectivity index (χ2v) is 7.60. The molecule has 0 spiro atoms. The first-order chi connectivity index (χ1) is 14.6. The summed E-state index contributed by atoms with van der Waals surface area (Å²) in [4.78, 5) is 25.9. The summed E-state index contributed by atoms with van der Waals surface area (Å²) >= 11 is 0. The van der Waals surface area contributed by atoms with Crippen molar-refractivity contribution < 1.29 is 9.59 Å². The summed E-state index contributed by atoms with van der Waals surface area (Å²) in [5.74, 6) is -0.713. The Balaban J connectivity index is 0.00000231. The summed E-state index contributed by atoms with van der Waals surface area (Å²) in [7, 11) is 1.94. The Morgan fingerprint density at radius 1 is 0.839 bits per heavy atom. The maximum atomic E-state index is 13.0. The van der Waals surface area contributed by atoms with Crippen LogP contribution in [0.2, 0.25) is 0 Å². The molecule has 0 saturated carbocycles. The first-order valence-corrected chi connectivity index (χ1v) is 10.0. The molecule has 0 saturated heterocycles. The van der Waals surface area contributed by atoms with Crippen molar-refractivity contribution in [2.75, 3.05) is 6.54 Å². The van der Waals surface area contributed by atoms with E-state index in [-0.39, 0.29) is 24.2 Å². The van der Waals surface area contributed by atoms with Crippen LogP contribution in [-0.2, 0) is 23.2 Å². The van der Waals surface area contributed by atoms with Gasteiger partial charge >= 0.3 is 0 Å². The lowest BCUT2D eigenvalue weighted by Crippen LogP contribution is -2.22. The van der Waals surface area contributed by atoms with Crippen LogP contribution in [0.4, 0.5) is 0 Å². The van der Waals surface area contributed by atoms with Gasteiger partial charge in [-0.3, -0.25) is 14.9 Å². The Kier molecular flexibility index (Phi) is 5.43. The minimum Gasteiger partial charge on any atom is -0.350 e. The molecule has 6 nitrogen and oxygen atoms in total. The van der Waals surface area contributed by atoms with E-state index in [1.807, 2.05) is 72.5 Å². The zero-order chi connectivity index (χ0) is 20.8. The van der Waals surface area contributed by atoms with Crippen molar-refractivity contribution in [2.24, 2.45) is 12.8 Å². The topological polar surface area (TPSA) is 82.0 Å². The number of nitrogens with zero attached hydrogens (tertiary/aromatic N) is 2. The number of imide groups is 1. The van der Waals surface area contributed by atoms with E-state index in [0.29, 0.717) is 17.7 Å². The molecule has 0 atom stereocenters. The molecule has 3 N–H and O–H groups in total. The first-order valence-electron chi connectivity index (χ1n) is 10.0. The van der Waals surface area contributed by atoms with Crippen LogP contribution in [0.3, 0.4) is 0 Å². The zero-order valence-corrected chi connectivity index (χ0v) is 17.9. The molecule has 3 heterocycles. The fraction of sp³-hybridized carbons (Fsp3) is 0.167. The number of nitrogens with one attached hydrogen (secondary N) is 1. The smallest absolute Gasteiger partial charge is 0.259 e. The normalized spacial score (nSPS) is 13.9. The number of hydrogen-bond donors (Lipinski definition) is 2. The molecule has 2 aromatic heterocycles. The number of amides is 2. The quantitative estimate of drug-likeness (QED) is 0.472. The molecule has 5 rings (SSSR count). The SMILES string of the molecule is Cl.Cn1cc(C2=C(c3cn(CCCN)c4ccccc34)C(=O)NC2=O)c2ccccc21. The number of hydrogen-bond acceptors (Lipinski definition) is 3. The van der Waals surface area contributed by atoms with Crippen molar-refractivity contribution in [3.63, 3.8) is 0 Å². The number of aryl methyl sites for hydroxylation is 2. The molecular formula is C24H23ClN4O2. The van der Waals surface area contributed by atoms with E-state index in [4.69, 9.17) is 5.73 Å². The predicted octanol–water partition coefficient (Wildman–Crippen LogP) is 3.47. The van der Waals surface area contributed by atoms with E-state index in [0.717, 1.165) is 45.9 Å². The Morgan fingerprint density at radius 2 is 1.39 bits per heavy atom. The first kappa shape index (κ1) is 20.9. The number of fused-ring (bicyclic) bond motifs is 2. The molecule has 0 bridgehead atoms. The van der Waals surface area contributed by atoms with Crippen molar-refractivity contribution in [3.05, 3.63) is 72.1 Å². The number of benzene rings is 2. The summed E-state index contributed by atoms with van der Waals surface area (Å²) in [6.07, 6.45) is 4.73. The molecule has 1 aliphatic rings. The van der Waals surface area contributed by atoms with Crippen LogP contribution in [0, 0.1) is 0 Å². The van der Waals surface area contributed by atoms with Crippen molar-refractivity contribution in [1.29, 1.82) is 0 Å². The lowest BCUT2D eigenvalue weighted by Gasteiger charge is -2.03. The van der Waals surface area contributed by atoms with E-state index in [1.165, 1.54) is 0 Å². The van der Waals surface area contributed by atoms with Gasteiger partial charge in [-0.2, -0.15) is 0 Å². The standard InChI is InChI=1S/C24H22N4O2.ClH/c1-27-13-17(15-7-2-4-9-19(15)27)21-22(24(30)26-23(21)29)18-14-28(12-6-11-25)20-10-5-3-8-16(18)20;/h2-5,7-10,13-14H,6,11-12,25H2,1H3,(H,26,29,30);1H. The van der Waals surface area contributed by atoms with Gasteiger partial charge in [0.15, 0.2) is 0 Å². The number of nitrogens with two attached hydrogens (primary N) is 1. The third-order valence-corrected chi connectivity index (χ3v) is 5.76. The van der Waals surface area contributed by atoms with Crippen molar-refractivity contribution in [1.82, 2.24) is 14.5 Å². The molecule has 1 aliphatic heterocycles. The van der Waals surface area contributed by atoms with Crippen molar-refractivity contribution in [3.8, 4) is 0 Å². The van der Waals surface area contributed by atoms with Gasteiger partial charge in [-0.25, -0.2) is 0 Å². The predicted molar refractivity (Wildman–Crippen MR) is 126 cm³/mol. The molecule has 0 unspecified atom stereocenters. The Hall–Kier alpha value is -3.35. The number of aromatic nitrogens is 2. The van der Waals surface area contributed by atoms with Crippen LogP contribution in [0.5, 0.6) is 0 Å². The van der Waals surface area contributed by atoms with Crippen LogP contribution >= 0.6 is 12.4 Å². The zero-order valence-electron chi connectivity index (χ0n) is 17.1. The van der Waals surface area contributed by atoms with Crippen LogP contribution in [0.15, 0.2) is 60.9 Å². The Morgan fingerprint density at radius 3 is 2.03 bits per heavy atom. The van der Waals surface area contributed by atoms with E-state index in [9.17, 15) is 9.59 Å². The third-order valence-electron chi connectivity index (χ3n) is 5.76. The van der Waals surface area contributed by atoms with Crippen molar-refractivity contribution in [2.45, 2.75) is 13.0 Å². The van der Waals surface area contributed by atoms with E-state index >= 15 is 0 Å². The third kappa shape index (κ3) is 3.24. The molecule has 0 radical (unpaired) electrons. The highest BCUT2D eigenvalue weighted by Gasteiger charge is 2.35. The van der Waals surface area contributed by atoms with E-state index in [1.54, 1.807) is 0 Å². The van der Waals surface area contributed by atoms with Gasteiger partial charge in [-0.1, -0.05) is 36.4 Å². The summed E-state index contributed by atoms with van der Waals surface area (Å²) in [6.45, 7) is 1.34. The van der Waals surface area contributed by atoms with Gasteiger partial charge in [0.2, 0.25) is 0 Å². The molecule has 31 heavy (non-hydrogen) atoms. The highest BCUT2D eigenvalue weighted by Crippen LogP contribution is 2.38. The van der Waals surface area contributed by atoms with Crippen LogP contribution in [-0.4, -0.2) is 27.5 Å². The van der Waals surface area contributed by atoms with Gasteiger partial charge in [0, 0.05) is 58.9 Å². The van der Waals surface area contributed by atoms with Crippen LogP contribution in [0.1, 0.15) is 17.5 Å². The van der Waals surface area contributed by atoms with Gasteiger partial charge in [0.1, 0.15) is 0 Å². The maximum absolute atomic E-state index is 13.0. The number of carbonyl (C=O) groups excluding carboxylic acids is 2. The molecule has 7 heteroatoms. The molecule has 2 amide bonds. The van der Waals surface area contributed by atoms with E-state index < -0.39 is 0 Å². The molecule has 0 aliphatic carbocycles. The Labute approximate surface area is 185 Å². The monoisotopic (exact) mass is 434 g/mol. The maximum Gasteiger partial charge on any atom is 0.259 e. The largest absolute Gasteiger partial charge is 0.350 e. The number of para-hydroxylation sites is 2. The molecule has 158 valence electrons. The average molecular weight is 435 g/mol. The Bertz CT molecular complexity index is 1360. The van der Waals surface area contributed by atoms with Crippen molar-refractivity contribution >= 4 is 57.2 Å². The van der Waals surface area contributed by atoms with Gasteiger partial charge in [0.25, 0.3) is 11.8 Å². The lowest BCUT2D eigenvalue weighted by atomic mass is 9.95. The van der Waals surface area contributed by atoms with Crippen LogP contribution in [0.25, 0.3) is 33.0 Å². The summed E-state index contributed by atoms with van der Waals surface area (Å²) in [6, 6.07) is 15.8. The highest BCUT2D eigenvalue weighted by molar-refractivity contribution is 6.50. The lowest BCUT2D eigenvalue weighted by molar-refractivity contribution is -0.122. The second-order valence-electron chi connectivity index (χ2n) is 7.60. The molecule has 2 aromatic carbocycles. The van der Waals surface area contributed by atoms with Gasteiger partial charge < -0.3 is 14.9 Å². The minimum absolute atomic E-state index is 0. The number of carbonyl (C=O) groups is 2. The van der Waals surface area contributed by atoms with Gasteiger partial charge in [-0.05, 0) is 25.1 Å². The second kappa shape index (κ2) is 8.06. The molecule has 4 aromatic rings. The average Bonchev–Trinajstić information content (AvgIpc) is 3.37. The number of rotatable bonds is 5. The van der Waals surface area contributed by atoms with Gasteiger partial charge in [0.05, 0.1) is 11.1 Å². The van der Waals surface area contributed by atoms with E-state index in [2.05, 4.69) is 9.88 Å². The minimum atomic E-state index is -0.357. The summed E-state index contributed by atoms with van der Waals surface area (Å²) in [5.41, 5.74) is 10.1. The highest BCUT2D eigenvalue weighted by atomic mass is 35.5. The molecule has 0 fully saturated rings. The van der Waals surface area contributed by atoms with Gasteiger partial charge in [-0.15, -0.1) is 12.4 Å². The van der Waals surface area contributed by atoms with Crippen LogP contribution < -0.4 is 11.1 Å². The molecular weight excluding hydrogens is 412 g/mol. The number of halogens is 1. The fourth-order valence-corrected chi connectivity index (χ4v) is 4.40.